The molecule has 0 saturated carbocycles. The molecule has 6 nitrogen and oxygen atoms in total. The van der Waals surface area contributed by atoms with Crippen molar-refractivity contribution in [3.8, 4) is 0 Å². The van der Waals surface area contributed by atoms with Gasteiger partial charge < -0.3 is 20.3 Å². The lowest BCUT2D eigenvalue weighted by Gasteiger charge is -2.19. The third-order valence-electron chi connectivity index (χ3n) is 8.88. The highest BCUT2D eigenvalue weighted by Gasteiger charge is 2.17. The molecule has 0 spiro atoms. The summed E-state index contributed by atoms with van der Waals surface area (Å²) in [4.78, 5) is 24.2. The van der Waals surface area contributed by atoms with Crippen molar-refractivity contribution in [2.45, 2.75) is 206 Å². The largest absolute Gasteiger partial charge is 0.466 e. The Morgan fingerprint density at radius 1 is 0.562 bits per heavy atom. The molecule has 48 heavy (non-hydrogen) atoms. The van der Waals surface area contributed by atoms with Gasteiger partial charge in [0.25, 0.3) is 0 Å². The number of carbonyl (C=O) groups excluding carboxylic acids is 2. The van der Waals surface area contributed by atoms with Crippen LogP contribution in [-0.4, -0.2) is 47.4 Å². The number of rotatable bonds is 36. The van der Waals surface area contributed by atoms with Gasteiger partial charge >= 0.3 is 5.97 Å². The lowest BCUT2D eigenvalue weighted by Crippen LogP contribution is -2.45. The summed E-state index contributed by atoms with van der Waals surface area (Å²) in [5.41, 5.74) is 0. The molecule has 0 aliphatic heterocycles. The molecule has 0 saturated heterocycles. The molecule has 0 aliphatic rings. The van der Waals surface area contributed by atoms with Gasteiger partial charge in [0, 0.05) is 12.8 Å². The topological polar surface area (TPSA) is 95.9 Å². The number of hydrogen-bond acceptors (Lipinski definition) is 5. The van der Waals surface area contributed by atoms with Crippen molar-refractivity contribution in [3.05, 3.63) is 36.5 Å². The summed E-state index contributed by atoms with van der Waals surface area (Å²) < 4.78 is 5.39. The number of nitrogens with one attached hydrogen (secondary N) is 1. The Hall–Kier alpha value is -1.92. The highest BCUT2D eigenvalue weighted by Crippen LogP contribution is 2.12. The van der Waals surface area contributed by atoms with E-state index in [1.807, 2.05) is 6.08 Å². The summed E-state index contributed by atoms with van der Waals surface area (Å²) in [5.74, 6) is -0.184. The zero-order valence-corrected chi connectivity index (χ0v) is 31.5. The van der Waals surface area contributed by atoms with Crippen LogP contribution in [0, 0.1) is 0 Å². The fourth-order valence-electron chi connectivity index (χ4n) is 5.67. The molecule has 0 rings (SSSR count). The van der Waals surface area contributed by atoms with Crippen LogP contribution in [0.3, 0.4) is 0 Å². The molecule has 0 aliphatic carbocycles. The minimum Gasteiger partial charge on any atom is -0.466 e. The van der Waals surface area contributed by atoms with Crippen LogP contribution in [0.4, 0.5) is 0 Å². The summed E-state index contributed by atoms with van der Waals surface area (Å²) >= 11 is 0. The van der Waals surface area contributed by atoms with Gasteiger partial charge in [-0.05, 0) is 70.6 Å². The van der Waals surface area contributed by atoms with Crippen molar-refractivity contribution in [1.29, 1.82) is 0 Å². The minimum atomic E-state index is -0.873. The Labute approximate surface area is 296 Å². The number of allylic oxidation sites excluding steroid dienone is 5. The molecule has 0 fully saturated rings. The molecule has 0 bridgehead atoms. The van der Waals surface area contributed by atoms with Crippen molar-refractivity contribution in [2.24, 2.45) is 0 Å². The highest BCUT2D eigenvalue weighted by atomic mass is 16.5. The first kappa shape index (κ1) is 46.1. The van der Waals surface area contributed by atoms with E-state index in [1.54, 1.807) is 6.08 Å². The predicted octanol–water partition coefficient (Wildman–Crippen LogP) is 11.0. The lowest BCUT2D eigenvalue weighted by atomic mass is 10.1. The van der Waals surface area contributed by atoms with Gasteiger partial charge in [0.2, 0.25) is 5.91 Å². The van der Waals surface area contributed by atoms with Gasteiger partial charge in [0.05, 0.1) is 25.4 Å². The van der Waals surface area contributed by atoms with E-state index in [4.69, 9.17) is 4.74 Å². The van der Waals surface area contributed by atoms with Crippen LogP contribution in [0.15, 0.2) is 36.5 Å². The average molecular weight is 676 g/mol. The first-order valence-electron chi connectivity index (χ1n) is 20.3. The molecule has 0 aromatic carbocycles. The fraction of sp³-hybridized carbons (Fsp3) is 0.810. The summed E-state index contributed by atoms with van der Waals surface area (Å²) in [6.07, 6.45) is 42.7. The summed E-state index contributed by atoms with van der Waals surface area (Å²) in [6.45, 7) is 4.72. The Bertz CT molecular complexity index is 793. The van der Waals surface area contributed by atoms with Gasteiger partial charge in [-0.15, -0.1) is 0 Å². The Morgan fingerprint density at radius 2 is 1.02 bits per heavy atom. The SMILES string of the molecule is CCCC/C=C\CCCCCCCC(=O)OCCCCCC/C=C\CCCC(=O)NC(CO)C(O)/C=C/CCCCCCCCCCC. The van der Waals surface area contributed by atoms with Gasteiger partial charge in [0.15, 0.2) is 0 Å². The smallest absolute Gasteiger partial charge is 0.305 e. The molecular weight excluding hydrogens is 598 g/mol. The number of ether oxygens (including phenoxy) is 1. The standard InChI is InChI=1S/C42H77NO5/c1-3-5-7-9-11-13-15-18-22-26-30-34-40(45)39(38-44)43-41(46)35-31-27-23-19-17-21-25-29-33-37-48-42(47)36-32-28-24-20-16-14-12-10-8-6-4-2/h10,12,19,23,30,34,39-40,44-45H,3-9,11,13-18,20-22,24-29,31-33,35-38H2,1-2H3,(H,43,46)/b12-10-,23-19-,34-30+. The lowest BCUT2D eigenvalue weighted by molar-refractivity contribution is -0.143. The van der Waals surface area contributed by atoms with E-state index in [1.165, 1.54) is 96.3 Å². The Balaban J connectivity index is 3.64. The third-order valence-corrected chi connectivity index (χ3v) is 8.88. The van der Waals surface area contributed by atoms with Crippen molar-refractivity contribution in [1.82, 2.24) is 5.32 Å². The van der Waals surface area contributed by atoms with Gasteiger partial charge in [0.1, 0.15) is 0 Å². The second-order valence-electron chi connectivity index (χ2n) is 13.6. The Morgan fingerprint density at radius 3 is 1.58 bits per heavy atom. The number of hydrogen-bond donors (Lipinski definition) is 3. The third kappa shape index (κ3) is 34.0. The summed E-state index contributed by atoms with van der Waals surface area (Å²) in [7, 11) is 0. The first-order chi connectivity index (χ1) is 23.5. The van der Waals surface area contributed by atoms with Crippen LogP contribution in [0.1, 0.15) is 194 Å². The van der Waals surface area contributed by atoms with E-state index in [0.29, 0.717) is 19.4 Å². The van der Waals surface area contributed by atoms with Gasteiger partial charge in [-0.25, -0.2) is 0 Å². The number of aliphatic hydroxyl groups excluding tert-OH is 2. The number of esters is 1. The second kappa shape index (κ2) is 37.9. The molecule has 0 aromatic rings. The number of unbranched alkanes of at least 4 members (excludes halogenated alkanes) is 21. The average Bonchev–Trinajstić information content (AvgIpc) is 3.08. The predicted molar refractivity (Wildman–Crippen MR) is 204 cm³/mol. The molecule has 3 N–H and O–H groups in total. The van der Waals surface area contributed by atoms with E-state index in [9.17, 15) is 19.8 Å². The van der Waals surface area contributed by atoms with Crippen molar-refractivity contribution >= 4 is 11.9 Å². The minimum absolute atomic E-state index is 0.0510. The van der Waals surface area contributed by atoms with Crippen molar-refractivity contribution < 1.29 is 24.5 Å². The number of amides is 1. The molecule has 0 heterocycles. The maximum Gasteiger partial charge on any atom is 0.305 e. The van der Waals surface area contributed by atoms with Crippen LogP contribution < -0.4 is 5.32 Å². The zero-order valence-electron chi connectivity index (χ0n) is 31.5. The number of aliphatic hydroxyl groups is 2. The Kier molecular flexibility index (Phi) is 36.4. The molecule has 0 aromatic heterocycles. The first-order valence-corrected chi connectivity index (χ1v) is 20.3. The van der Waals surface area contributed by atoms with Crippen LogP contribution in [0.2, 0.25) is 0 Å². The summed E-state index contributed by atoms with van der Waals surface area (Å²) in [5, 5.41) is 22.8. The van der Waals surface area contributed by atoms with Crippen LogP contribution in [0.25, 0.3) is 0 Å². The van der Waals surface area contributed by atoms with Crippen molar-refractivity contribution in [3.63, 3.8) is 0 Å². The summed E-state index contributed by atoms with van der Waals surface area (Å²) in [6, 6.07) is -0.663. The van der Waals surface area contributed by atoms with Crippen LogP contribution >= 0.6 is 0 Å². The zero-order chi connectivity index (χ0) is 35.2. The monoisotopic (exact) mass is 676 g/mol. The van der Waals surface area contributed by atoms with Crippen LogP contribution in [-0.2, 0) is 14.3 Å². The quantitative estimate of drug-likeness (QED) is 0.0349. The second-order valence-corrected chi connectivity index (χ2v) is 13.6. The van der Waals surface area contributed by atoms with Gasteiger partial charge in [-0.3, -0.25) is 9.59 Å². The van der Waals surface area contributed by atoms with Crippen LogP contribution in [0.5, 0.6) is 0 Å². The van der Waals surface area contributed by atoms with Crippen molar-refractivity contribution in [2.75, 3.05) is 13.2 Å². The fourth-order valence-corrected chi connectivity index (χ4v) is 5.67. The molecule has 2 unspecified atom stereocenters. The molecule has 1 amide bonds. The molecule has 280 valence electrons. The molecular formula is C42H77NO5. The van der Waals surface area contributed by atoms with Gasteiger partial charge in [-0.2, -0.15) is 0 Å². The molecule has 2 atom stereocenters. The van der Waals surface area contributed by atoms with E-state index in [2.05, 4.69) is 43.5 Å². The van der Waals surface area contributed by atoms with E-state index < -0.39 is 12.1 Å². The normalized spacial score (nSPS) is 13.2. The maximum atomic E-state index is 12.3. The molecule has 6 heteroatoms. The highest BCUT2D eigenvalue weighted by molar-refractivity contribution is 5.76. The van der Waals surface area contributed by atoms with Gasteiger partial charge in [-0.1, -0.05) is 147 Å². The molecule has 0 radical (unpaired) electrons. The maximum absolute atomic E-state index is 12.3. The van der Waals surface area contributed by atoms with E-state index in [0.717, 1.165) is 70.6 Å². The van der Waals surface area contributed by atoms with E-state index >= 15 is 0 Å². The number of carbonyl (C=O) groups is 2. The van der Waals surface area contributed by atoms with E-state index in [-0.39, 0.29) is 18.5 Å².